The quantitative estimate of drug-likeness (QED) is 0.918. The van der Waals surface area contributed by atoms with Crippen molar-refractivity contribution in [1.29, 1.82) is 0 Å². The van der Waals surface area contributed by atoms with Crippen molar-refractivity contribution in [2.45, 2.75) is 18.1 Å². The van der Waals surface area contributed by atoms with E-state index in [0.29, 0.717) is 5.01 Å². The smallest absolute Gasteiger partial charge is 0.407 e. The van der Waals surface area contributed by atoms with Gasteiger partial charge in [-0.2, -0.15) is 18.3 Å². The van der Waals surface area contributed by atoms with E-state index in [1.807, 2.05) is 0 Å². The Kier molecular flexibility index (Phi) is 3.21. The third-order valence-corrected chi connectivity index (χ3v) is 2.98. The molecule has 102 valence electrons. The fourth-order valence-corrected chi connectivity index (χ4v) is 2.12. The summed E-state index contributed by atoms with van der Waals surface area (Å²) in [6.45, 7) is -1.40. The molecule has 2 rings (SSSR count). The molecule has 0 aromatic heterocycles. The molecule has 1 unspecified atom stereocenters. The lowest BCUT2D eigenvalue weighted by Crippen LogP contribution is -2.50. The Hall–Kier alpha value is -2.05. The maximum absolute atomic E-state index is 12.5. The Morgan fingerprint density at radius 1 is 1.37 bits per heavy atom. The number of hydrogen-bond donors (Lipinski definition) is 1. The van der Waals surface area contributed by atoms with Gasteiger partial charge >= 0.3 is 12.1 Å². The minimum atomic E-state index is -4.52. The van der Waals surface area contributed by atoms with E-state index < -0.39 is 24.2 Å². The van der Waals surface area contributed by atoms with E-state index in [0.717, 1.165) is 0 Å². The van der Waals surface area contributed by atoms with Gasteiger partial charge in [0.15, 0.2) is 5.54 Å². The van der Waals surface area contributed by atoms with Crippen molar-refractivity contribution >= 4 is 12.2 Å². The van der Waals surface area contributed by atoms with Gasteiger partial charge in [-0.15, -0.1) is 0 Å². The Morgan fingerprint density at radius 2 is 2.00 bits per heavy atom. The maximum atomic E-state index is 12.5. The van der Waals surface area contributed by atoms with E-state index in [1.165, 1.54) is 18.3 Å². The predicted octanol–water partition coefficient (Wildman–Crippen LogP) is 2.22. The first kappa shape index (κ1) is 13.4. The van der Waals surface area contributed by atoms with E-state index >= 15 is 0 Å². The van der Waals surface area contributed by atoms with Crippen molar-refractivity contribution < 1.29 is 23.1 Å². The molecule has 19 heavy (non-hydrogen) atoms. The van der Waals surface area contributed by atoms with Gasteiger partial charge in [-0.1, -0.05) is 30.3 Å². The van der Waals surface area contributed by atoms with Crippen LogP contribution in [0.4, 0.5) is 13.2 Å². The normalized spacial score (nSPS) is 22.8. The Bertz CT molecular complexity index is 501. The van der Waals surface area contributed by atoms with Crippen LogP contribution in [0.5, 0.6) is 0 Å². The van der Waals surface area contributed by atoms with Gasteiger partial charge in [0.25, 0.3) is 0 Å². The number of carboxylic acids is 1. The Morgan fingerprint density at radius 3 is 2.53 bits per heavy atom. The Balaban J connectivity index is 2.43. The number of hydrazone groups is 1. The van der Waals surface area contributed by atoms with E-state index in [4.69, 9.17) is 0 Å². The van der Waals surface area contributed by atoms with Gasteiger partial charge in [-0.3, -0.25) is 5.01 Å². The zero-order valence-corrected chi connectivity index (χ0v) is 9.76. The first-order valence-corrected chi connectivity index (χ1v) is 5.52. The molecule has 0 radical (unpaired) electrons. The van der Waals surface area contributed by atoms with Gasteiger partial charge < -0.3 is 5.11 Å². The molecular formula is C12H11F3N2O2. The van der Waals surface area contributed by atoms with Crippen LogP contribution in [0.2, 0.25) is 0 Å². The first-order chi connectivity index (χ1) is 8.86. The molecule has 7 heteroatoms. The van der Waals surface area contributed by atoms with Crippen molar-refractivity contribution in [1.82, 2.24) is 5.01 Å². The van der Waals surface area contributed by atoms with Crippen molar-refractivity contribution in [3.05, 3.63) is 35.9 Å². The largest absolute Gasteiger partial charge is 0.479 e. The predicted molar refractivity (Wildman–Crippen MR) is 61.6 cm³/mol. The number of benzene rings is 1. The van der Waals surface area contributed by atoms with Crippen LogP contribution < -0.4 is 0 Å². The molecular weight excluding hydrogens is 261 g/mol. The van der Waals surface area contributed by atoms with Crippen LogP contribution in [0, 0.1) is 0 Å². The van der Waals surface area contributed by atoms with Crippen LogP contribution in [-0.2, 0) is 10.3 Å². The van der Waals surface area contributed by atoms with E-state index in [1.54, 1.807) is 18.2 Å². The highest BCUT2D eigenvalue weighted by molar-refractivity contribution is 5.86. The average molecular weight is 272 g/mol. The second-order valence-corrected chi connectivity index (χ2v) is 4.21. The summed E-state index contributed by atoms with van der Waals surface area (Å²) in [5.41, 5.74) is -1.50. The summed E-state index contributed by atoms with van der Waals surface area (Å²) in [6.07, 6.45) is -3.41. The lowest BCUT2D eigenvalue weighted by molar-refractivity contribution is -0.172. The summed E-state index contributed by atoms with van der Waals surface area (Å²) in [6, 6.07) is 7.83. The van der Waals surface area contributed by atoms with Crippen LogP contribution in [0.25, 0.3) is 0 Å². The minimum Gasteiger partial charge on any atom is -0.479 e. The lowest BCUT2D eigenvalue weighted by Gasteiger charge is -2.34. The number of aliphatic carboxylic acids is 1. The number of nitrogens with zero attached hydrogens (tertiary/aromatic N) is 2. The second kappa shape index (κ2) is 4.56. The summed E-state index contributed by atoms with van der Waals surface area (Å²) in [5, 5.41) is 13.6. The third kappa shape index (κ3) is 2.40. The van der Waals surface area contributed by atoms with Gasteiger partial charge in [0.05, 0.1) is 0 Å². The highest BCUT2D eigenvalue weighted by Crippen LogP contribution is 2.37. The summed E-state index contributed by atoms with van der Waals surface area (Å²) in [7, 11) is 0. The topological polar surface area (TPSA) is 52.9 Å². The van der Waals surface area contributed by atoms with Crippen LogP contribution in [0.1, 0.15) is 12.0 Å². The zero-order valence-electron chi connectivity index (χ0n) is 9.76. The molecule has 1 heterocycles. The SMILES string of the molecule is O=C(O)C1(c2ccccc2)CC=NN1CC(F)(F)F. The van der Waals surface area contributed by atoms with Crippen molar-refractivity contribution in [2.75, 3.05) is 6.54 Å². The molecule has 1 aromatic rings. The fraction of sp³-hybridized carbons (Fsp3) is 0.333. The number of carboxylic acid groups (broad SMARTS) is 1. The van der Waals surface area contributed by atoms with Gasteiger partial charge in [0, 0.05) is 12.6 Å². The highest BCUT2D eigenvalue weighted by atomic mass is 19.4. The van der Waals surface area contributed by atoms with E-state index in [-0.39, 0.29) is 12.0 Å². The molecule has 0 saturated carbocycles. The Labute approximate surface area is 107 Å². The number of carbonyl (C=O) groups is 1. The summed E-state index contributed by atoms with van der Waals surface area (Å²) in [5.74, 6) is -1.35. The number of halogens is 3. The molecule has 4 nitrogen and oxygen atoms in total. The van der Waals surface area contributed by atoms with Crippen LogP contribution in [0.3, 0.4) is 0 Å². The summed E-state index contributed by atoms with van der Waals surface area (Å²) in [4.78, 5) is 11.5. The number of alkyl halides is 3. The first-order valence-electron chi connectivity index (χ1n) is 5.52. The second-order valence-electron chi connectivity index (χ2n) is 4.21. The van der Waals surface area contributed by atoms with E-state index in [2.05, 4.69) is 5.10 Å². The van der Waals surface area contributed by atoms with E-state index in [9.17, 15) is 23.1 Å². The zero-order chi connectivity index (χ0) is 14.1. The average Bonchev–Trinajstić information content (AvgIpc) is 2.72. The lowest BCUT2D eigenvalue weighted by atomic mass is 9.87. The molecule has 1 aliphatic rings. The molecule has 0 saturated heterocycles. The molecule has 1 aliphatic heterocycles. The number of rotatable bonds is 3. The molecule has 1 aromatic carbocycles. The van der Waals surface area contributed by atoms with Crippen LogP contribution >= 0.6 is 0 Å². The summed E-state index contributed by atoms with van der Waals surface area (Å²) < 4.78 is 37.6. The minimum absolute atomic E-state index is 0.0948. The third-order valence-electron chi connectivity index (χ3n) is 2.98. The molecule has 1 N–H and O–H groups in total. The standard InChI is InChI=1S/C12H11F3N2O2/c13-12(14,15)8-17-11(10(18)19,6-7-16-17)9-4-2-1-3-5-9/h1-5,7H,6,8H2,(H,18,19). The van der Waals surface area contributed by atoms with Crippen LogP contribution in [0.15, 0.2) is 35.4 Å². The fourth-order valence-electron chi connectivity index (χ4n) is 2.12. The molecule has 0 spiro atoms. The highest BCUT2D eigenvalue weighted by Gasteiger charge is 2.51. The molecule has 0 fully saturated rings. The molecule has 0 bridgehead atoms. The summed E-state index contributed by atoms with van der Waals surface area (Å²) >= 11 is 0. The van der Waals surface area contributed by atoms with Crippen molar-refractivity contribution in [3.63, 3.8) is 0 Å². The van der Waals surface area contributed by atoms with Crippen molar-refractivity contribution in [3.8, 4) is 0 Å². The monoisotopic (exact) mass is 272 g/mol. The molecule has 0 amide bonds. The maximum Gasteiger partial charge on any atom is 0.407 e. The van der Waals surface area contributed by atoms with Crippen LogP contribution in [-0.4, -0.2) is 35.0 Å². The van der Waals surface area contributed by atoms with Gasteiger partial charge in [0.2, 0.25) is 0 Å². The molecule has 0 aliphatic carbocycles. The number of hydrogen-bond acceptors (Lipinski definition) is 3. The van der Waals surface area contributed by atoms with Gasteiger partial charge in [0.1, 0.15) is 6.54 Å². The molecule has 1 atom stereocenters. The van der Waals surface area contributed by atoms with Gasteiger partial charge in [-0.25, -0.2) is 4.79 Å². The van der Waals surface area contributed by atoms with Gasteiger partial charge in [-0.05, 0) is 5.56 Å². The van der Waals surface area contributed by atoms with Crippen molar-refractivity contribution in [2.24, 2.45) is 5.10 Å².